The zero-order chi connectivity index (χ0) is 21.1. The van der Waals surface area contributed by atoms with Gasteiger partial charge in [-0.1, -0.05) is 65.1 Å². The van der Waals surface area contributed by atoms with Crippen LogP contribution in [-0.4, -0.2) is 9.97 Å². The molecule has 148 valence electrons. The van der Waals surface area contributed by atoms with Crippen LogP contribution in [0.15, 0.2) is 60.7 Å². The van der Waals surface area contributed by atoms with E-state index >= 15 is 0 Å². The molecule has 3 aromatic carbocycles. The second kappa shape index (κ2) is 8.81. The molecule has 1 aromatic heterocycles. The monoisotopic (exact) mass is 453 g/mol. The Balaban J connectivity index is 1.61. The van der Waals surface area contributed by atoms with E-state index < -0.39 is 0 Å². The number of hydrogen-bond acceptors (Lipinski definition) is 3. The van der Waals surface area contributed by atoms with Crippen LogP contribution < -0.4 is 4.74 Å². The Labute approximate surface area is 188 Å². The van der Waals surface area contributed by atoms with Gasteiger partial charge in [0.05, 0.1) is 26.7 Å². The average Bonchev–Trinajstić information content (AvgIpc) is 3.16. The number of halogens is 3. The molecule has 4 aromatic rings. The summed E-state index contributed by atoms with van der Waals surface area (Å²) in [5.41, 5.74) is 3.49. The van der Waals surface area contributed by atoms with Gasteiger partial charge in [-0.25, -0.2) is 4.98 Å². The van der Waals surface area contributed by atoms with Crippen LogP contribution in [0.3, 0.4) is 0 Å². The van der Waals surface area contributed by atoms with Gasteiger partial charge in [0, 0.05) is 10.6 Å². The summed E-state index contributed by atoms with van der Waals surface area (Å²) in [5.74, 6) is 0.836. The number of nitriles is 1. The molecule has 0 aliphatic heterocycles. The molecular formula is C23H14Cl3N3O. The maximum absolute atomic E-state index is 9.61. The maximum atomic E-state index is 9.61. The molecule has 1 N–H and O–H groups in total. The predicted octanol–water partition coefficient (Wildman–Crippen LogP) is 7.17. The van der Waals surface area contributed by atoms with Gasteiger partial charge in [-0.15, -0.1) is 0 Å². The van der Waals surface area contributed by atoms with Gasteiger partial charge in [0.25, 0.3) is 0 Å². The Bertz CT molecular complexity index is 1250. The number of ether oxygens (including phenoxy) is 1. The van der Waals surface area contributed by atoms with Gasteiger partial charge < -0.3 is 9.72 Å². The molecule has 4 rings (SSSR count). The lowest BCUT2D eigenvalue weighted by Crippen LogP contribution is -1.98. The van der Waals surface area contributed by atoms with Crippen molar-refractivity contribution in [3.8, 4) is 11.8 Å². The van der Waals surface area contributed by atoms with Crippen molar-refractivity contribution in [1.29, 1.82) is 5.26 Å². The number of fused-ring (bicyclic) bond motifs is 1. The molecule has 0 unspecified atom stereocenters. The van der Waals surface area contributed by atoms with Gasteiger partial charge in [-0.2, -0.15) is 5.26 Å². The molecule has 4 nitrogen and oxygen atoms in total. The van der Waals surface area contributed by atoms with E-state index in [9.17, 15) is 5.26 Å². The fraction of sp³-hybridized carbons (Fsp3) is 0.0435. The normalized spacial score (nSPS) is 11.5. The first-order valence-corrected chi connectivity index (χ1v) is 10.1. The number of H-pyrrole nitrogens is 1. The molecule has 0 aliphatic carbocycles. The van der Waals surface area contributed by atoms with Crippen LogP contribution in [-0.2, 0) is 6.61 Å². The lowest BCUT2D eigenvalue weighted by atomic mass is 10.1. The highest BCUT2D eigenvalue weighted by Gasteiger charge is 2.13. The Morgan fingerprint density at radius 3 is 2.40 bits per heavy atom. The third-order valence-electron chi connectivity index (χ3n) is 4.43. The van der Waals surface area contributed by atoms with Crippen molar-refractivity contribution in [2.24, 2.45) is 0 Å². The van der Waals surface area contributed by atoms with Crippen LogP contribution in [0.5, 0.6) is 5.75 Å². The average molecular weight is 455 g/mol. The number of hydrogen-bond donors (Lipinski definition) is 1. The van der Waals surface area contributed by atoms with Crippen LogP contribution in [0.2, 0.25) is 15.1 Å². The van der Waals surface area contributed by atoms with E-state index in [4.69, 9.17) is 39.5 Å². The number of rotatable bonds is 5. The number of imidazole rings is 1. The first-order chi connectivity index (χ1) is 14.5. The zero-order valence-corrected chi connectivity index (χ0v) is 17.8. The van der Waals surface area contributed by atoms with E-state index in [0.29, 0.717) is 37.8 Å². The molecule has 30 heavy (non-hydrogen) atoms. The second-order valence-electron chi connectivity index (χ2n) is 6.47. The van der Waals surface area contributed by atoms with Gasteiger partial charge in [-0.05, 0) is 42.0 Å². The van der Waals surface area contributed by atoms with Crippen molar-refractivity contribution in [3.05, 3.63) is 92.7 Å². The topological polar surface area (TPSA) is 61.7 Å². The largest absolute Gasteiger partial charge is 0.486 e. The van der Waals surface area contributed by atoms with E-state index in [0.717, 1.165) is 16.6 Å². The molecule has 7 heteroatoms. The Morgan fingerprint density at radius 1 is 1.00 bits per heavy atom. The number of benzene rings is 3. The standard InChI is InChI=1S/C23H14Cl3N3O/c24-17-6-2-1-5-15(17)13-30-22-18(25)10-14(11-19(22)26)9-16(12-27)23-28-20-7-3-4-8-21(20)29-23/h1-11H,13H2,(H,28,29)/b16-9+. The quantitative estimate of drug-likeness (QED) is 0.325. The minimum Gasteiger partial charge on any atom is -0.486 e. The molecule has 0 saturated carbocycles. The van der Waals surface area contributed by atoms with Crippen molar-refractivity contribution in [2.45, 2.75) is 6.61 Å². The van der Waals surface area contributed by atoms with Gasteiger partial charge >= 0.3 is 0 Å². The number of nitrogens with zero attached hydrogens (tertiary/aromatic N) is 2. The third kappa shape index (κ3) is 4.29. The molecule has 0 bridgehead atoms. The fourth-order valence-electron chi connectivity index (χ4n) is 2.97. The van der Waals surface area contributed by atoms with Gasteiger partial charge in [0.2, 0.25) is 0 Å². The van der Waals surface area contributed by atoms with Crippen LogP contribution in [0.1, 0.15) is 17.0 Å². The van der Waals surface area contributed by atoms with Crippen molar-refractivity contribution in [3.63, 3.8) is 0 Å². The lowest BCUT2D eigenvalue weighted by Gasteiger charge is -2.12. The number of para-hydroxylation sites is 2. The van der Waals surface area contributed by atoms with Crippen molar-refractivity contribution in [2.75, 3.05) is 0 Å². The highest BCUT2D eigenvalue weighted by molar-refractivity contribution is 6.37. The summed E-state index contributed by atoms with van der Waals surface area (Å²) in [6.07, 6.45) is 1.67. The van der Waals surface area contributed by atoms with E-state index in [1.807, 2.05) is 42.5 Å². The molecule has 0 radical (unpaired) electrons. The van der Waals surface area contributed by atoms with Crippen molar-refractivity contribution >= 4 is 57.5 Å². The SMILES string of the molecule is N#C/C(=C\c1cc(Cl)c(OCc2ccccc2Cl)c(Cl)c1)c1nc2ccccc2[nH]1. The fourth-order valence-corrected chi connectivity index (χ4v) is 3.77. The number of allylic oxidation sites excluding steroid dienone is 1. The predicted molar refractivity (Wildman–Crippen MR) is 122 cm³/mol. The summed E-state index contributed by atoms with van der Waals surface area (Å²) in [6.45, 7) is 0.233. The third-order valence-corrected chi connectivity index (χ3v) is 5.36. The Kier molecular flexibility index (Phi) is 5.96. The summed E-state index contributed by atoms with van der Waals surface area (Å²) in [4.78, 5) is 7.61. The van der Waals surface area contributed by atoms with Gasteiger partial charge in [-0.3, -0.25) is 0 Å². The van der Waals surface area contributed by atoms with E-state index in [2.05, 4.69) is 16.0 Å². The first-order valence-electron chi connectivity index (χ1n) is 8.97. The van der Waals surface area contributed by atoms with E-state index in [1.165, 1.54) is 0 Å². The minimum absolute atomic E-state index is 0.233. The zero-order valence-electron chi connectivity index (χ0n) is 15.5. The van der Waals surface area contributed by atoms with Crippen LogP contribution in [0, 0.1) is 11.3 Å². The summed E-state index contributed by atoms with van der Waals surface area (Å²) < 4.78 is 5.79. The Hall–Kier alpha value is -2.97. The second-order valence-corrected chi connectivity index (χ2v) is 7.69. The smallest absolute Gasteiger partial charge is 0.157 e. The summed E-state index contributed by atoms with van der Waals surface area (Å²) in [5, 5.41) is 10.9. The molecular weight excluding hydrogens is 441 g/mol. The number of aromatic nitrogens is 2. The first kappa shape index (κ1) is 20.3. The molecule has 0 spiro atoms. The molecule has 0 aliphatic rings. The highest BCUT2D eigenvalue weighted by Crippen LogP contribution is 2.36. The van der Waals surface area contributed by atoms with Gasteiger partial charge in [0.15, 0.2) is 5.75 Å². The van der Waals surface area contributed by atoms with Crippen LogP contribution in [0.4, 0.5) is 0 Å². The molecule has 0 amide bonds. The van der Waals surface area contributed by atoms with E-state index in [1.54, 1.807) is 24.3 Å². The van der Waals surface area contributed by atoms with Crippen molar-refractivity contribution in [1.82, 2.24) is 9.97 Å². The molecule has 1 heterocycles. The highest BCUT2D eigenvalue weighted by atomic mass is 35.5. The molecule has 0 saturated heterocycles. The maximum Gasteiger partial charge on any atom is 0.157 e. The minimum atomic E-state index is 0.233. The molecule has 0 fully saturated rings. The lowest BCUT2D eigenvalue weighted by molar-refractivity contribution is 0.306. The number of nitrogens with one attached hydrogen (secondary N) is 1. The van der Waals surface area contributed by atoms with E-state index in [-0.39, 0.29) is 6.61 Å². The summed E-state index contributed by atoms with van der Waals surface area (Å²) >= 11 is 19.0. The molecule has 0 atom stereocenters. The van der Waals surface area contributed by atoms with Gasteiger partial charge in [0.1, 0.15) is 18.5 Å². The van der Waals surface area contributed by atoms with Crippen molar-refractivity contribution < 1.29 is 4.74 Å². The summed E-state index contributed by atoms with van der Waals surface area (Å²) in [6, 6.07) is 20.5. The van der Waals surface area contributed by atoms with Crippen LogP contribution in [0.25, 0.3) is 22.7 Å². The number of aromatic amines is 1. The summed E-state index contributed by atoms with van der Waals surface area (Å²) in [7, 11) is 0. The Morgan fingerprint density at radius 2 is 1.70 bits per heavy atom. The van der Waals surface area contributed by atoms with Crippen LogP contribution >= 0.6 is 34.8 Å².